The highest BCUT2D eigenvalue weighted by Gasteiger charge is 2.33. The number of aromatic hydroxyl groups is 1. The zero-order valence-corrected chi connectivity index (χ0v) is 14.9. The molecule has 0 amide bonds. The molecule has 0 unspecified atom stereocenters. The van der Waals surface area contributed by atoms with Crippen molar-refractivity contribution in [2.24, 2.45) is 0 Å². The zero-order valence-electron chi connectivity index (χ0n) is 14.0. The second-order valence-corrected chi connectivity index (χ2v) is 8.26. The third kappa shape index (κ3) is 2.74. The Hall–Kier alpha value is -3.25. The highest BCUT2D eigenvalue weighted by molar-refractivity contribution is 7.90. The van der Waals surface area contributed by atoms with E-state index in [1.165, 1.54) is 30.3 Å². The van der Waals surface area contributed by atoms with Crippen LogP contribution in [0.2, 0.25) is 0 Å². The van der Waals surface area contributed by atoms with Gasteiger partial charge in [-0.1, -0.05) is 48.5 Å². The zero-order chi connectivity index (χ0) is 19.2. The Kier molecular flexibility index (Phi) is 3.93. The molecular formula is C21H14O5S. The molecule has 1 aliphatic rings. The van der Waals surface area contributed by atoms with Gasteiger partial charge in [-0.05, 0) is 18.2 Å². The van der Waals surface area contributed by atoms with Crippen molar-refractivity contribution in [1.29, 1.82) is 0 Å². The van der Waals surface area contributed by atoms with E-state index in [4.69, 9.17) is 0 Å². The van der Waals surface area contributed by atoms with Gasteiger partial charge in [0, 0.05) is 22.3 Å². The molecule has 6 heteroatoms. The lowest BCUT2D eigenvalue weighted by atomic mass is 9.83. The van der Waals surface area contributed by atoms with Gasteiger partial charge < -0.3 is 5.11 Å². The molecule has 0 fully saturated rings. The largest absolute Gasteiger partial charge is 0.507 e. The lowest BCUT2D eigenvalue weighted by molar-refractivity contribution is 0.0976. The molecule has 0 aliphatic heterocycles. The van der Waals surface area contributed by atoms with Crippen LogP contribution in [0.5, 0.6) is 5.75 Å². The Morgan fingerprint density at radius 3 is 1.96 bits per heavy atom. The standard InChI is InChI=1S/C21H14O5S/c22-19-13(12-27(25,26)14-6-2-1-3-7-14)10-11-17-18(19)21(24)16-9-5-4-8-15(16)20(17)23/h1-11,22H,12H2. The summed E-state index contributed by atoms with van der Waals surface area (Å²) >= 11 is 0. The van der Waals surface area contributed by atoms with Gasteiger partial charge in [0.1, 0.15) is 5.75 Å². The van der Waals surface area contributed by atoms with Crippen molar-refractivity contribution in [2.45, 2.75) is 10.6 Å². The summed E-state index contributed by atoms with van der Waals surface area (Å²) in [4.78, 5) is 25.6. The molecule has 4 rings (SSSR count). The number of fused-ring (bicyclic) bond motifs is 2. The Labute approximate surface area is 155 Å². The summed E-state index contributed by atoms with van der Waals surface area (Å²) in [5, 5.41) is 10.6. The predicted molar refractivity (Wildman–Crippen MR) is 98.7 cm³/mol. The van der Waals surface area contributed by atoms with E-state index in [0.717, 1.165) is 0 Å². The number of rotatable bonds is 3. The summed E-state index contributed by atoms with van der Waals surface area (Å²) in [7, 11) is -3.71. The van der Waals surface area contributed by atoms with Crippen molar-refractivity contribution >= 4 is 21.4 Å². The molecule has 5 nitrogen and oxygen atoms in total. The number of carbonyl (C=O) groups is 2. The summed E-state index contributed by atoms with van der Waals surface area (Å²) < 4.78 is 25.2. The number of phenols is 1. The van der Waals surface area contributed by atoms with Crippen molar-refractivity contribution in [2.75, 3.05) is 0 Å². The molecule has 0 atom stereocenters. The van der Waals surface area contributed by atoms with Crippen molar-refractivity contribution in [3.8, 4) is 5.75 Å². The number of hydrogen-bond acceptors (Lipinski definition) is 5. The van der Waals surface area contributed by atoms with Crippen LogP contribution in [0.25, 0.3) is 0 Å². The van der Waals surface area contributed by atoms with Gasteiger partial charge in [0.2, 0.25) is 0 Å². The van der Waals surface area contributed by atoms with Gasteiger partial charge in [0.25, 0.3) is 0 Å². The second-order valence-electron chi connectivity index (χ2n) is 6.27. The van der Waals surface area contributed by atoms with Crippen LogP contribution in [0, 0.1) is 0 Å². The Balaban J connectivity index is 1.81. The van der Waals surface area contributed by atoms with E-state index in [1.54, 1.807) is 36.4 Å². The quantitative estimate of drug-likeness (QED) is 0.592. The Morgan fingerprint density at radius 1 is 0.704 bits per heavy atom. The highest BCUT2D eigenvalue weighted by Crippen LogP contribution is 2.36. The molecule has 27 heavy (non-hydrogen) atoms. The minimum absolute atomic E-state index is 0.0806. The molecule has 0 saturated carbocycles. The number of benzene rings is 3. The molecule has 0 bridgehead atoms. The van der Waals surface area contributed by atoms with Crippen molar-refractivity contribution in [1.82, 2.24) is 0 Å². The van der Waals surface area contributed by atoms with E-state index >= 15 is 0 Å². The number of carbonyl (C=O) groups excluding carboxylic acids is 2. The van der Waals surface area contributed by atoms with Gasteiger partial charge in [0.05, 0.1) is 16.2 Å². The van der Waals surface area contributed by atoms with Crippen molar-refractivity contribution < 1.29 is 23.1 Å². The topological polar surface area (TPSA) is 88.5 Å². The van der Waals surface area contributed by atoms with Crippen LogP contribution in [0.4, 0.5) is 0 Å². The molecule has 3 aromatic carbocycles. The molecule has 0 aromatic heterocycles. The normalized spacial score (nSPS) is 13.2. The van der Waals surface area contributed by atoms with Gasteiger partial charge in [-0.2, -0.15) is 0 Å². The Bertz CT molecular complexity index is 1190. The van der Waals surface area contributed by atoms with Crippen LogP contribution >= 0.6 is 0 Å². The van der Waals surface area contributed by atoms with Crippen molar-refractivity contribution in [3.63, 3.8) is 0 Å². The maximum absolute atomic E-state index is 12.8. The SMILES string of the molecule is O=C1c2ccccc2C(=O)c2c1ccc(CS(=O)(=O)c1ccccc1)c2O. The third-order valence-electron chi connectivity index (χ3n) is 4.60. The van der Waals surface area contributed by atoms with E-state index in [2.05, 4.69) is 0 Å². The van der Waals surface area contributed by atoms with Gasteiger partial charge in [-0.25, -0.2) is 8.42 Å². The molecule has 3 aromatic rings. The summed E-state index contributed by atoms with van der Waals surface area (Å²) in [6.45, 7) is 0. The fourth-order valence-electron chi connectivity index (χ4n) is 3.24. The van der Waals surface area contributed by atoms with E-state index in [1.807, 2.05) is 0 Å². The monoisotopic (exact) mass is 378 g/mol. The molecule has 1 N–H and O–H groups in total. The van der Waals surface area contributed by atoms with E-state index in [0.29, 0.717) is 0 Å². The fourth-order valence-corrected chi connectivity index (χ4v) is 4.63. The first-order valence-electron chi connectivity index (χ1n) is 8.21. The third-order valence-corrected chi connectivity index (χ3v) is 6.28. The maximum Gasteiger partial charge on any atom is 0.198 e. The van der Waals surface area contributed by atoms with Crippen LogP contribution in [0.3, 0.4) is 0 Å². The maximum atomic E-state index is 12.8. The van der Waals surface area contributed by atoms with E-state index in [-0.39, 0.29) is 38.5 Å². The molecule has 0 saturated heterocycles. The average Bonchev–Trinajstić information content (AvgIpc) is 2.68. The number of sulfone groups is 1. The van der Waals surface area contributed by atoms with E-state index < -0.39 is 27.1 Å². The minimum atomic E-state index is -3.71. The molecule has 0 heterocycles. The summed E-state index contributed by atoms with van der Waals surface area (Å²) in [5.74, 6) is -1.79. The molecule has 0 spiro atoms. The van der Waals surface area contributed by atoms with E-state index in [9.17, 15) is 23.1 Å². The molecule has 1 aliphatic carbocycles. The van der Waals surface area contributed by atoms with Gasteiger partial charge in [-0.3, -0.25) is 9.59 Å². The van der Waals surface area contributed by atoms with Gasteiger partial charge in [0.15, 0.2) is 21.4 Å². The number of phenolic OH excluding ortho intramolecular Hbond substituents is 1. The first kappa shape index (κ1) is 17.2. The van der Waals surface area contributed by atoms with Gasteiger partial charge in [-0.15, -0.1) is 0 Å². The minimum Gasteiger partial charge on any atom is -0.507 e. The Morgan fingerprint density at radius 2 is 1.30 bits per heavy atom. The van der Waals surface area contributed by atoms with Crippen molar-refractivity contribution in [3.05, 3.63) is 94.5 Å². The van der Waals surface area contributed by atoms with Crippen LogP contribution in [-0.4, -0.2) is 25.1 Å². The number of ketones is 2. The van der Waals surface area contributed by atoms with Crippen LogP contribution in [0.1, 0.15) is 37.4 Å². The molecular weight excluding hydrogens is 364 g/mol. The van der Waals surface area contributed by atoms with Crippen LogP contribution in [-0.2, 0) is 15.6 Å². The van der Waals surface area contributed by atoms with Gasteiger partial charge >= 0.3 is 0 Å². The fraction of sp³-hybridized carbons (Fsp3) is 0.0476. The smallest absolute Gasteiger partial charge is 0.198 e. The first-order chi connectivity index (χ1) is 12.9. The second kappa shape index (κ2) is 6.17. The first-order valence-corrected chi connectivity index (χ1v) is 9.86. The lowest BCUT2D eigenvalue weighted by Gasteiger charge is -2.19. The average molecular weight is 378 g/mol. The van der Waals surface area contributed by atoms with Crippen LogP contribution < -0.4 is 0 Å². The summed E-state index contributed by atoms with van der Waals surface area (Å²) in [6, 6.07) is 17.0. The lowest BCUT2D eigenvalue weighted by Crippen LogP contribution is -2.21. The molecule has 134 valence electrons. The number of hydrogen-bond donors (Lipinski definition) is 1. The molecule has 0 radical (unpaired) electrons. The van der Waals surface area contributed by atoms with Crippen LogP contribution in [0.15, 0.2) is 71.6 Å². The predicted octanol–water partition coefficient (Wildman–Crippen LogP) is 3.14. The highest BCUT2D eigenvalue weighted by atomic mass is 32.2. The summed E-state index contributed by atoms with van der Waals surface area (Å²) in [6.07, 6.45) is 0. The summed E-state index contributed by atoms with van der Waals surface area (Å²) in [5.41, 5.74) is 0.502.